The van der Waals surface area contributed by atoms with Crippen LogP contribution in [0.1, 0.15) is 67.6 Å². The molecular formula is C29H36ClN3O4. The predicted octanol–water partition coefficient (Wildman–Crippen LogP) is 5.47. The van der Waals surface area contributed by atoms with E-state index in [4.69, 9.17) is 11.6 Å². The minimum atomic E-state index is -0.226. The van der Waals surface area contributed by atoms with Crippen LogP contribution >= 0.6 is 11.6 Å². The number of nitrogens with one attached hydrogen (secondary N) is 1. The summed E-state index contributed by atoms with van der Waals surface area (Å²) in [5.74, 6) is -0.0877. The number of phenols is 1. The lowest BCUT2D eigenvalue weighted by Crippen LogP contribution is -2.30. The highest BCUT2D eigenvalue weighted by molar-refractivity contribution is 6.30. The van der Waals surface area contributed by atoms with E-state index in [0.717, 1.165) is 38.8 Å². The summed E-state index contributed by atoms with van der Waals surface area (Å²) in [4.78, 5) is 40.0. The maximum absolute atomic E-state index is 13.3. The van der Waals surface area contributed by atoms with Gasteiger partial charge in [-0.1, -0.05) is 24.4 Å². The van der Waals surface area contributed by atoms with E-state index in [1.165, 1.54) is 6.07 Å². The van der Waals surface area contributed by atoms with E-state index in [1.54, 1.807) is 41.0 Å². The van der Waals surface area contributed by atoms with Crippen LogP contribution in [0.4, 0.5) is 0 Å². The molecule has 0 saturated heterocycles. The Kier molecular flexibility index (Phi) is 10.1. The number of benzene rings is 2. The number of amides is 2. The molecule has 37 heavy (non-hydrogen) atoms. The van der Waals surface area contributed by atoms with Gasteiger partial charge in [0.1, 0.15) is 5.75 Å². The molecule has 0 unspecified atom stereocenters. The number of carbonyl (C=O) groups excluding carboxylic acids is 3. The molecule has 1 heterocycles. The van der Waals surface area contributed by atoms with Gasteiger partial charge in [0.05, 0.1) is 11.9 Å². The van der Waals surface area contributed by atoms with E-state index in [1.807, 2.05) is 25.7 Å². The van der Waals surface area contributed by atoms with Crippen molar-refractivity contribution in [1.29, 1.82) is 0 Å². The molecule has 2 amide bonds. The Labute approximate surface area is 223 Å². The van der Waals surface area contributed by atoms with Crippen molar-refractivity contribution in [3.05, 3.63) is 64.3 Å². The molecule has 7 nitrogen and oxygen atoms in total. The third-order valence-electron chi connectivity index (χ3n) is 6.71. The van der Waals surface area contributed by atoms with E-state index in [-0.39, 0.29) is 29.9 Å². The summed E-state index contributed by atoms with van der Waals surface area (Å²) >= 11 is 5.97. The van der Waals surface area contributed by atoms with Crippen molar-refractivity contribution in [3.63, 3.8) is 0 Å². The Morgan fingerprint density at radius 1 is 0.973 bits per heavy atom. The van der Waals surface area contributed by atoms with E-state index in [9.17, 15) is 19.5 Å². The van der Waals surface area contributed by atoms with Crippen LogP contribution in [-0.2, 0) is 16.0 Å². The normalized spacial score (nSPS) is 11.0. The number of aromatic hydroxyl groups is 1. The molecule has 0 saturated carbocycles. The summed E-state index contributed by atoms with van der Waals surface area (Å²) in [6, 6.07) is 11.5. The minimum Gasteiger partial charge on any atom is -0.508 e. The molecule has 0 aliphatic heterocycles. The first-order chi connectivity index (χ1) is 17.8. The van der Waals surface area contributed by atoms with Gasteiger partial charge in [-0.2, -0.15) is 0 Å². The summed E-state index contributed by atoms with van der Waals surface area (Å²) < 4.78 is 1.58. The fourth-order valence-corrected chi connectivity index (χ4v) is 4.74. The van der Waals surface area contributed by atoms with Crippen LogP contribution in [0.2, 0.25) is 5.02 Å². The Bertz CT molecular complexity index is 1250. The number of fused-ring (bicyclic) bond motifs is 1. The van der Waals surface area contributed by atoms with Gasteiger partial charge in [-0.05, 0) is 81.6 Å². The highest BCUT2D eigenvalue weighted by atomic mass is 35.5. The number of hydrogen-bond acceptors (Lipinski definition) is 4. The van der Waals surface area contributed by atoms with Crippen molar-refractivity contribution in [1.82, 2.24) is 14.8 Å². The maximum atomic E-state index is 13.3. The van der Waals surface area contributed by atoms with E-state index in [0.29, 0.717) is 45.7 Å². The molecule has 0 aliphatic rings. The number of unbranched alkanes of at least 4 members (excludes halogenated alkanes) is 3. The maximum Gasteiger partial charge on any atom is 0.262 e. The van der Waals surface area contributed by atoms with Gasteiger partial charge in [-0.25, -0.2) is 0 Å². The molecule has 3 aromatic rings. The fraction of sp³-hybridized carbons (Fsp3) is 0.414. The number of hydrogen-bond donors (Lipinski definition) is 2. The van der Waals surface area contributed by atoms with Crippen molar-refractivity contribution in [2.75, 3.05) is 19.6 Å². The van der Waals surface area contributed by atoms with Crippen molar-refractivity contribution in [2.45, 2.75) is 59.3 Å². The van der Waals surface area contributed by atoms with Crippen LogP contribution in [0, 0.1) is 6.92 Å². The molecule has 0 fully saturated rings. The van der Waals surface area contributed by atoms with Crippen molar-refractivity contribution >= 4 is 40.2 Å². The number of carbonyl (C=O) groups is 3. The number of halogens is 1. The monoisotopic (exact) mass is 525 g/mol. The lowest BCUT2D eigenvalue weighted by molar-refractivity contribution is -0.131. The van der Waals surface area contributed by atoms with Crippen LogP contribution in [0.15, 0.2) is 42.5 Å². The first-order valence-electron chi connectivity index (χ1n) is 12.9. The Balaban J connectivity index is 1.60. The molecule has 8 heteroatoms. The fourth-order valence-electron chi connectivity index (χ4n) is 4.62. The third kappa shape index (κ3) is 7.13. The third-order valence-corrected chi connectivity index (χ3v) is 6.96. The quantitative estimate of drug-likeness (QED) is 0.306. The summed E-state index contributed by atoms with van der Waals surface area (Å²) in [6.07, 6.45) is 4.24. The number of rotatable bonds is 12. The van der Waals surface area contributed by atoms with Gasteiger partial charge in [0, 0.05) is 47.7 Å². The number of nitrogens with zero attached hydrogens (tertiary/aromatic N) is 2. The number of phenolic OH excluding ortho intramolecular Hbond substituents is 1. The smallest absolute Gasteiger partial charge is 0.262 e. The zero-order valence-corrected chi connectivity index (χ0v) is 22.6. The van der Waals surface area contributed by atoms with Gasteiger partial charge in [-0.15, -0.1) is 0 Å². The second kappa shape index (κ2) is 13.3. The molecular weight excluding hydrogens is 490 g/mol. The molecule has 2 aromatic carbocycles. The Hall–Kier alpha value is -3.32. The highest BCUT2D eigenvalue weighted by Gasteiger charge is 2.22. The molecule has 0 spiro atoms. The lowest BCUT2D eigenvalue weighted by atomic mass is 10.1. The lowest BCUT2D eigenvalue weighted by Gasteiger charge is -2.18. The Morgan fingerprint density at radius 2 is 1.65 bits per heavy atom. The van der Waals surface area contributed by atoms with Crippen molar-refractivity contribution < 1.29 is 19.5 Å². The average Bonchev–Trinajstić information content (AvgIpc) is 3.14. The van der Waals surface area contributed by atoms with E-state index < -0.39 is 0 Å². The van der Waals surface area contributed by atoms with Gasteiger partial charge in [0.2, 0.25) is 11.8 Å². The molecule has 0 atom stereocenters. The van der Waals surface area contributed by atoms with Crippen LogP contribution < -0.4 is 5.32 Å². The first kappa shape index (κ1) is 28.3. The zero-order valence-electron chi connectivity index (χ0n) is 21.8. The second-order valence-corrected chi connectivity index (χ2v) is 9.61. The van der Waals surface area contributed by atoms with Gasteiger partial charge in [0.25, 0.3) is 5.91 Å². The highest BCUT2D eigenvalue weighted by Crippen LogP contribution is 2.30. The van der Waals surface area contributed by atoms with Crippen LogP contribution in [0.5, 0.6) is 5.75 Å². The van der Waals surface area contributed by atoms with Gasteiger partial charge in [0.15, 0.2) is 0 Å². The largest absolute Gasteiger partial charge is 0.508 e. The predicted molar refractivity (Wildman–Crippen MR) is 147 cm³/mol. The van der Waals surface area contributed by atoms with Crippen LogP contribution in [0.25, 0.3) is 10.9 Å². The van der Waals surface area contributed by atoms with E-state index in [2.05, 4.69) is 5.32 Å². The second-order valence-electron chi connectivity index (χ2n) is 9.17. The molecule has 198 valence electrons. The van der Waals surface area contributed by atoms with Gasteiger partial charge < -0.3 is 15.3 Å². The van der Waals surface area contributed by atoms with Crippen molar-refractivity contribution in [3.8, 4) is 5.75 Å². The molecule has 0 radical (unpaired) electrons. The molecule has 1 aromatic heterocycles. The van der Waals surface area contributed by atoms with Crippen LogP contribution in [0.3, 0.4) is 0 Å². The van der Waals surface area contributed by atoms with Crippen molar-refractivity contribution in [2.24, 2.45) is 0 Å². The SMILES string of the molecule is CCN(CC)C(=O)CCCCCCNC(=O)Cc1c(C)n(C(=O)c2ccc(Cl)cc2)c2ccc(O)cc12. The molecule has 0 bridgehead atoms. The molecule has 0 aliphatic carbocycles. The standard InChI is InChI=1S/C29H36ClN3O4/c1-4-32(5-2)28(36)10-8-6-7-9-17-31-27(35)19-24-20(3)33(26-16-15-23(34)18-25(24)26)29(37)21-11-13-22(30)14-12-21/h11-16,18,34H,4-10,17,19H2,1-3H3,(H,31,35). The minimum absolute atomic E-state index is 0.0738. The van der Waals surface area contributed by atoms with Gasteiger partial charge >= 0.3 is 0 Å². The van der Waals surface area contributed by atoms with Gasteiger partial charge in [-0.3, -0.25) is 19.0 Å². The Morgan fingerprint density at radius 3 is 2.32 bits per heavy atom. The summed E-state index contributed by atoms with van der Waals surface area (Å²) in [5, 5.41) is 14.3. The molecule has 2 N–H and O–H groups in total. The summed E-state index contributed by atoms with van der Waals surface area (Å²) in [6.45, 7) is 7.83. The molecule has 3 rings (SSSR count). The number of aromatic nitrogens is 1. The van der Waals surface area contributed by atoms with E-state index >= 15 is 0 Å². The summed E-state index contributed by atoms with van der Waals surface area (Å²) in [7, 11) is 0. The zero-order chi connectivity index (χ0) is 26.9. The first-order valence-corrected chi connectivity index (χ1v) is 13.3. The average molecular weight is 526 g/mol. The topological polar surface area (TPSA) is 91.6 Å². The summed E-state index contributed by atoms with van der Waals surface area (Å²) in [5.41, 5.74) is 2.48. The van der Waals surface area contributed by atoms with Crippen LogP contribution in [-0.4, -0.2) is 51.9 Å².